The molecule has 3 nitrogen and oxygen atoms in total. The summed E-state index contributed by atoms with van der Waals surface area (Å²) in [6.45, 7) is 4.45. The first-order chi connectivity index (χ1) is 26.1. The van der Waals surface area contributed by atoms with Crippen LogP contribution in [0.2, 0.25) is 0 Å². The minimum Gasteiger partial charge on any atom is -0.355 e. The first-order valence-corrected chi connectivity index (χ1v) is 18.6. The molecule has 1 aliphatic rings. The Balaban J connectivity index is 1.03. The molecule has 3 aromatic heterocycles. The van der Waals surface area contributed by atoms with Gasteiger partial charge in [0.15, 0.2) is 0 Å². The van der Waals surface area contributed by atoms with E-state index >= 15 is 0 Å². The van der Waals surface area contributed by atoms with Gasteiger partial charge in [-0.3, -0.25) is 0 Å². The summed E-state index contributed by atoms with van der Waals surface area (Å²) in [4.78, 5) is 3.70. The standard InChI is InChI=1S/C50H37N3/c1-31-11-3-7-15-45(31)52-47-17-9-5-13-37(47)41-29-35(21-25-49(41)52)33-19-23-43-39(27-33)40-28-34(20-24-44(40)51-43)36-22-26-50-42(30-36)38-14-6-10-18-48(38)53(50)46-16-8-4-12-32(46)2/h3-15,17-30,46,51H,16H2,1-2H3. The Kier molecular flexibility index (Phi) is 6.51. The van der Waals surface area contributed by atoms with Crippen molar-refractivity contribution in [2.75, 3.05) is 0 Å². The molecule has 1 unspecified atom stereocenters. The molecule has 0 aliphatic heterocycles. The fourth-order valence-electron chi connectivity index (χ4n) is 9.03. The third-order valence-electron chi connectivity index (χ3n) is 11.7. The molecule has 0 saturated heterocycles. The highest BCUT2D eigenvalue weighted by atomic mass is 15.0. The number of fused-ring (bicyclic) bond motifs is 9. The molecular weight excluding hydrogens is 643 g/mol. The van der Waals surface area contributed by atoms with Gasteiger partial charge in [0.2, 0.25) is 0 Å². The van der Waals surface area contributed by atoms with Crippen molar-refractivity contribution in [3.8, 4) is 27.9 Å². The van der Waals surface area contributed by atoms with Crippen LogP contribution in [0, 0.1) is 6.92 Å². The molecule has 0 radical (unpaired) electrons. The maximum absolute atomic E-state index is 3.70. The average Bonchev–Trinajstić information content (AvgIpc) is 3.85. The van der Waals surface area contributed by atoms with Crippen LogP contribution < -0.4 is 0 Å². The summed E-state index contributed by atoms with van der Waals surface area (Å²) in [5.74, 6) is 0. The molecule has 0 bridgehead atoms. The molecule has 252 valence electrons. The quantitative estimate of drug-likeness (QED) is 0.192. The van der Waals surface area contributed by atoms with E-state index in [1.807, 2.05) is 0 Å². The second-order valence-corrected chi connectivity index (χ2v) is 14.7. The molecule has 11 rings (SSSR count). The number of allylic oxidation sites excluding steroid dienone is 4. The van der Waals surface area contributed by atoms with Crippen LogP contribution in [-0.2, 0) is 0 Å². The molecule has 53 heavy (non-hydrogen) atoms. The van der Waals surface area contributed by atoms with Crippen molar-refractivity contribution >= 4 is 65.4 Å². The van der Waals surface area contributed by atoms with E-state index in [4.69, 9.17) is 0 Å². The van der Waals surface area contributed by atoms with E-state index in [0.29, 0.717) is 6.04 Å². The van der Waals surface area contributed by atoms with E-state index in [-0.39, 0.29) is 0 Å². The Morgan fingerprint density at radius 1 is 0.491 bits per heavy atom. The Morgan fingerprint density at radius 2 is 1.00 bits per heavy atom. The van der Waals surface area contributed by atoms with E-state index in [2.05, 4.69) is 192 Å². The fraction of sp³-hybridized carbons (Fsp3) is 0.0800. The Morgan fingerprint density at radius 3 is 1.68 bits per heavy atom. The van der Waals surface area contributed by atoms with Crippen LogP contribution in [0.3, 0.4) is 0 Å². The van der Waals surface area contributed by atoms with E-state index in [1.54, 1.807) is 0 Å². The first-order valence-electron chi connectivity index (χ1n) is 18.6. The summed E-state index contributed by atoms with van der Waals surface area (Å²) in [5.41, 5.74) is 16.1. The average molecular weight is 680 g/mol. The Bertz CT molecular complexity index is 3180. The van der Waals surface area contributed by atoms with Crippen molar-refractivity contribution in [3.05, 3.63) is 175 Å². The van der Waals surface area contributed by atoms with Crippen LogP contribution in [0.25, 0.3) is 93.4 Å². The second kappa shape index (κ2) is 11.5. The predicted octanol–water partition coefficient (Wildman–Crippen LogP) is 13.6. The van der Waals surface area contributed by atoms with Crippen molar-refractivity contribution in [3.63, 3.8) is 0 Å². The minimum atomic E-state index is 0.331. The molecular formula is C50H37N3. The topological polar surface area (TPSA) is 25.6 Å². The summed E-state index contributed by atoms with van der Waals surface area (Å²) >= 11 is 0. The third-order valence-corrected chi connectivity index (χ3v) is 11.7. The highest BCUT2D eigenvalue weighted by Crippen LogP contribution is 2.41. The Hall–Kier alpha value is -6.58. The van der Waals surface area contributed by atoms with Crippen molar-refractivity contribution in [1.29, 1.82) is 0 Å². The summed E-state index contributed by atoms with van der Waals surface area (Å²) in [6, 6.07) is 54.4. The smallest absolute Gasteiger partial charge is 0.0586 e. The number of para-hydroxylation sites is 3. The van der Waals surface area contributed by atoms with E-state index in [0.717, 1.165) is 17.5 Å². The SMILES string of the molecule is CC1=CC=CCC1n1c2ccccc2c2cc(-c3ccc4[nH]c5ccc(-c6ccc7c(c6)c6ccccc6n7-c6ccccc6C)cc5c4c3)ccc21. The van der Waals surface area contributed by atoms with Crippen LogP contribution >= 0.6 is 0 Å². The molecule has 0 saturated carbocycles. The van der Waals surface area contributed by atoms with Gasteiger partial charge in [0, 0.05) is 60.1 Å². The van der Waals surface area contributed by atoms with Crippen LogP contribution in [0.1, 0.15) is 24.9 Å². The number of hydrogen-bond donors (Lipinski definition) is 1. The van der Waals surface area contributed by atoms with Crippen LogP contribution in [0.15, 0.2) is 169 Å². The highest BCUT2D eigenvalue weighted by molar-refractivity contribution is 6.13. The third kappa shape index (κ3) is 4.53. The van der Waals surface area contributed by atoms with Gasteiger partial charge in [-0.05, 0) is 115 Å². The molecule has 1 aliphatic carbocycles. The van der Waals surface area contributed by atoms with Crippen LogP contribution in [-0.4, -0.2) is 14.1 Å². The van der Waals surface area contributed by atoms with E-state index < -0.39 is 0 Å². The van der Waals surface area contributed by atoms with Gasteiger partial charge < -0.3 is 14.1 Å². The van der Waals surface area contributed by atoms with Gasteiger partial charge in [0.1, 0.15) is 0 Å². The number of hydrogen-bond acceptors (Lipinski definition) is 0. The van der Waals surface area contributed by atoms with Gasteiger partial charge in [0.25, 0.3) is 0 Å². The lowest BCUT2D eigenvalue weighted by Crippen LogP contribution is -2.11. The largest absolute Gasteiger partial charge is 0.355 e. The van der Waals surface area contributed by atoms with Gasteiger partial charge in [0.05, 0.1) is 17.1 Å². The van der Waals surface area contributed by atoms with Crippen LogP contribution in [0.4, 0.5) is 0 Å². The second-order valence-electron chi connectivity index (χ2n) is 14.7. The zero-order valence-electron chi connectivity index (χ0n) is 29.8. The van der Waals surface area contributed by atoms with Gasteiger partial charge in [-0.25, -0.2) is 0 Å². The lowest BCUT2D eigenvalue weighted by molar-refractivity contribution is 0.611. The molecule has 0 fully saturated rings. The molecule has 7 aromatic carbocycles. The van der Waals surface area contributed by atoms with Gasteiger partial charge >= 0.3 is 0 Å². The number of aromatic amines is 1. The maximum Gasteiger partial charge on any atom is 0.0586 e. The number of benzene rings is 7. The highest BCUT2D eigenvalue weighted by Gasteiger charge is 2.21. The summed E-state index contributed by atoms with van der Waals surface area (Å²) < 4.78 is 4.96. The predicted molar refractivity (Wildman–Crippen MR) is 225 cm³/mol. The van der Waals surface area contributed by atoms with E-state index in [1.165, 1.54) is 93.5 Å². The minimum absolute atomic E-state index is 0.331. The summed E-state index contributed by atoms with van der Waals surface area (Å²) in [7, 11) is 0. The number of aryl methyl sites for hydroxylation is 1. The molecule has 1 atom stereocenters. The number of rotatable bonds is 4. The number of aromatic nitrogens is 3. The first kappa shape index (κ1) is 30.1. The fourth-order valence-corrected chi connectivity index (χ4v) is 9.03. The zero-order chi connectivity index (χ0) is 35.2. The lowest BCUT2D eigenvalue weighted by atomic mass is 9.98. The molecule has 0 amide bonds. The van der Waals surface area contributed by atoms with Gasteiger partial charge in [-0.1, -0.05) is 103 Å². The monoisotopic (exact) mass is 679 g/mol. The summed E-state index contributed by atoms with van der Waals surface area (Å²) in [5, 5.41) is 7.64. The van der Waals surface area contributed by atoms with Gasteiger partial charge in [-0.15, -0.1) is 0 Å². The molecule has 0 spiro atoms. The van der Waals surface area contributed by atoms with Crippen molar-refractivity contribution < 1.29 is 0 Å². The Labute approximate surface area is 307 Å². The maximum atomic E-state index is 3.70. The zero-order valence-corrected chi connectivity index (χ0v) is 29.8. The lowest BCUT2D eigenvalue weighted by Gasteiger charge is -2.23. The number of H-pyrrole nitrogens is 1. The van der Waals surface area contributed by atoms with Crippen LogP contribution in [0.5, 0.6) is 0 Å². The van der Waals surface area contributed by atoms with E-state index in [9.17, 15) is 0 Å². The van der Waals surface area contributed by atoms with Crippen molar-refractivity contribution in [2.24, 2.45) is 0 Å². The van der Waals surface area contributed by atoms with Crippen molar-refractivity contribution in [2.45, 2.75) is 26.3 Å². The van der Waals surface area contributed by atoms with Gasteiger partial charge in [-0.2, -0.15) is 0 Å². The molecule has 1 N–H and O–H groups in total. The number of nitrogens with one attached hydrogen (secondary N) is 1. The molecule has 10 aromatic rings. The molecule has 3 heteroatoms. The molecule has 3 heterocycles. The number of nitrogens with zero attached hydrogens (tertiary/aromatic N) is 2. The normalized spacial score (nSPS) is 14.8. The van der Waals surface area contributed by atoms with Crippen molar-refractivity contribution in [1.82, 2.24) is 14.1 Å². The summed E-state index contributed by atoms with van der Waals surface area (Å²) in [6.07, 6.45) is 7.75.